The van der Waals surface area contributed by atoms with E-state index in [0.29, 0.717) is 5.92 Å². The fourth-order valence-corrected chi connectivity index (χ4v) is 2.02. The van der Waals surface area contributed by atoms with E-state index in [9.17, 15) is 0 Å². The van der Waals surface area contributed by atoms with Crippen molar-refractivity contribution in [3.8, 4) is 0 Å². The second-order valence-electron chi connectivity index (χ2n) is 4.99. The second-order valence-corrected chi connectivity index (χ2v) is 4.99. The Kier molecular flexibility index (Phi) is 4.11. The summed E-state index contributed by atoms with van der Waals surface area (Å²) in [6.45, 7) is 4.41. The minimum Gasteiger partial charge on any atom is -0.324 e. The van der Waals surface area contributed by atoms with Gasteiger partial charge in [0.15, 0.2) is 0 Å². The van der Waals surface area contributed by atoms with Gasteiger partial charge >= 0.3 is 0 Å². The number of nitrogens with zero attached hydrogens (tertiary/aromatic N) is 1. The molecule has 0 spiro atoms. The average molecular weight is 240 g/mol. The molecule has 2 nitrogen and oxygen atoms in total. The van der Waals surface area contributed by atoms with E-state index in [1.165, 1.54) is 11.1 Å². The van der Waals surface area contributed by atoms with Crippen molar-refractivity contribution in [2.24, 2.45) is 5.73 Å². The Labute approximate surface area is 109 Å². The summed E-state index contributed by atoms with van der Waals surface area (Å²) in [6, 6.07) is 12.7. The van der Waals surface area contributed by atoms with Crippen LogP contribution in [0.3, 0.4) is 0 Å². The topological polar surface area (TPSA) is 38.9 Å². The first-order valence-corrected chi connectivity index (χ1v) is 6.41. The van der Waals surface area contributed by atoms with Gasteiger partial charge in [-0.3, -0.25) is 4.98 Å². The maximum Gasteiger partial charge on any atom is 0.0336 e. The van der Waals surface area contributed by atoms with Crippen LogP contribution in [0.1, 0.15) is 42.5 Å². The lowest BCUT2D eigenvalue weighted by molar-refractivity contribution is 0.719. The summed E-state index contributed by atoms with van der Waals surface area (Å²) in [5.74, 6) is 0.577. The molecule has 1 atom stereocenters. The van der Waals surface area contributed by atoms with Gasteiger partial charge in [0.05, 0.1) is 0 Å². The molecule has 2 aromatic rings. The zero-order valence-corrected chi connectivity index (χ0v) is 11.0. The number of pyridine rings is 1. The Morgan fingerprint density at radius 2 is 1.56 bits per heavy atom. The highest BCUT2D eigenvalue weighted by atomic mass is 14.6. The van der Waals surface area contributed by atoms with Crippen LogP contribution in [0.25, 0.3) is 0 Å². The molecular weight excluding hydrogens is 220 g/mol. The molecule has 0 saturated carbocycles. The minimum atomic E-state index is 0.0397. The van der Waals surface area contributed by atoms with Gasteiger partial charge in [-0.25, -0.2) is 0 Å². The van der Waals surface area contributed by atoms with Gasteiger partial charge in [-0.15, -0.1) is 0 Å². The van der Waals surface area contributed by atoms with Gasteiger partial charge in [0.1, 0.15) is 0 Å². The van der Waals surface area contributed by atoms with E-state index in [-0.39, 0.29) is 6.04 Å². The molecule has 1 heterocycles. The molecule has 0 fully saturated rings. The number of aromatic nitrogens is 1. The number of rotatable bonds is 4. The van der Waals surface area contributed by atoms with E-state index in [4.69, 9.17) is 5.73 Å². The van der Waals surface area contributed by atoms with Crippen LogP contribution in [0.5, 0.6) is 0 Å². The lowest BCUT2D eigenvalue weighted by Crippen LogP contribution is -2.13. The first-order valence-electron chi connectivity index (χ1n) is 6.41. The second kappa shape index (κ2) is 5.78. The van der Waals surface area contributed by atoms with Crippen molar-refractivity contribution < 1.29 is 0 Å². The number of hydrogen-bond acceptors (Lipinski definition) is 2. The third kappa shape index (κ3) is 3.17. The lowest BCUT2D eigenvalue weighted by Gasteiger charge is -2.13. The quantitative estimate of drug-likeness (QED) is 0.889. The van der Waals surface area contributed by atoms with E-state index in [1.807, 2.05) is 12.1 Å². The van der Waals surface area contributed by atoms with Crippen LogP contribution in [-0.2, 0) is 6.42 Å². The largest absolute Gasteiger partial charge is 0.324 e. The molecule has 1 unspecified atom stereocenters. The smallest absolute Gasteiger partial charge is 0.0336 e. The predicted octanol–water partition coefficient (Wildman–Crippen LogP) is 3.45. The summed E-state index contributed by atoms with van der Waals surface area (Å²) >= 11 is 0. The first-order chi connectivity index (χ1) is 8.66. The molecule has 2 heteroatoms. The van der Waals surface area contributed by atoms with E-state index in [1.54, 1.807) is 12.4 Å². The molecule has 0 aliphatic carbocycles. The SMILES string of the molecule is CC(C)c1ccc(CC(N)c2ccncc2)cc1. The molecule has 0 bridgehead atoms. The van der Waals surface area contributed by atoms with Crippen LogP contribution in [0.4, 0.5) is 0 Å². The Balaban J connectivity index is 2.05. The van der Waals surface area contributed by atoms with E-state index < -0.39 is 0 Å². The normalized spacial score (nSPS) is 12.7. The lowest BCUT2D eigenvalue weighted by atomic mass is 9.97. The summed E-state index contributed by atoms with van der Waals surface area (Å²) in [4.78, 5) is 4.01. The molecule has 0 aliphatic rings. The van der Waals surface area contributed by atoms with Gasteiger partial charge in [-0.2, -0.15) is 0 Å². The van der Waals surface area contributed by atoms with E-state index in [2.05, 4.69) is 43.1 Å². The monoisotopic (exact) mass is 240 g/mol. The minimum absolute atomic E-state index is 0.0397. The Bertz CT molecular complexity index is 474. The van der Waals surface area contributed by atoms with Gasteiger partial charge < -0.3 is 5.73 Å². The summed E-state index contributed by atoms with van der Waals surface area (Å²) in [5.41, 5.74) is 9.99. The molecule has 0 saturated heterocycles. The Hall–Kier alpha value is -1.67. The number of benzene rings is 1. The summed E-state index contributed by atoms with van der Waals surface area (Å²) in [5, 5.41) is 0. The number of nitrogens with two attached hydrogens (primary N) is 1. The van der Waals surface area contributed by atoms with Gasteiger partial charge in [-0.05, 0) is 41.2 Å². The molecule has 94 valence electrons. The van der Waals surface area contributed by atoms with Crippen molar-refractivity contribution in [1.82, 2.24) is 4.98 Å². The van der Waals surface area contributed by atoms with Gasteiger partial charge in [-0.1, -0.05) is 38.1 Å². The maximum absolute atomic E-state index is 6.20. The Morgan fingerprint density at radius 1 is 0.944 bits per heavy atom. The van der Waals surface area contributed by atoms with Crippen LogP contribution >= 0.6 is 0 Å². The third-order valence-electron chi connectivity index (χ3n) is 3.24. The average Bonchev–Trinajstić information content (AvgIpc) is 2.40. The van der Waals surface area contributed by atoms with E-state index in [0.717, 1.165) is 12.0 Å². The predicted molar refractivity (Wildman–Crippen MR) is 75.4 cm³/mol. The first kappa shape index (κ1) is 12.8. The number of hydrogen-bond donors (Lipinski definition) is 1. The highest BCUT2D eigenvalue weighted by Gasteiger charge is 2.07. The highest BCUT2D eigenvalue weighted by Crippen LogP contribution is 2.18. The zero-order chi connectivity index (χ0) is 13.0. The van der Waals surface area contributed by atoms with Crippen molar-refractivity contribution in [3.05, 3.63) is 65.5 Å². The summed E-state index contributed by atoms with van der Waals surface area (Å²) in [7, 11) is 0. The van der Waals surface area contributed by atoms with Crippen LogP contribution in [0.2, 0.25) is 0 Å². The fraction of sp³-hybridized carbons (Fsp3) is 0.312. The molecule has 2 rings (SSSR count). The molecule has 18 heavy (non-hydrogen) atoms. The van der Waals surface area contributed by atoms with Gasteiger partial charge in [0, 0.05) is 18.4 Å². The van der Waals surface area contributed by atoms with Crippen molar-refractivity contribution in [2.75, 3.05) is 0 Å². The molecular formula is C16H20N2. The van der Waals surface area contributed by atoms with Gasteiger partial charge in [0.25, 0.3) is 0 Å². The van der Waals surface area contributed by atoms with Crippen molar-refractivity contribution in [1.29, 1.82) is 0 Å². The molecule has 2 N–H and O–H groups in total. The summed E-state index contributed by atoms with van der Waals surface area (Å²) in [6.07, 6.45) is 4.44. The van der Waals surface area contributed by atoms with Crippen LogP contribution in [-0.4, -0.2) is 4.98 Å². The fourth-order valence-electron chi connectivity index (χ4n) is 2.02. The van der Waals surface area contributed by atoms with Gasteiger partial charge in [0.2, 0.25) is 0 Å². The standard InChI is InChI=1S/C16H20N2/c1-12(2)14-5-3-13(4-6-14)11-16(17)15-7-9-18-10-8-15/h3-10,12,16H,11,17H2,1-2H3. The molecule has 1 aromatic carbocycles. The molecule has 0 radical (unpaired) electrons. The van der Waals surface area contributed by atoms with E-state index >= 15 is 0 Å². The van der Waals surface area contributed by atoms with Crippen LogP contribution in [0, 0.1) is 0 Å². The summed E-state index contributed by atoms with van der Waals surface area (Å²) < 4.78 is 0. The maximum atomic E-state index is 6.20. The third-order valence-corrected chi connectivity index (χ3v) is 3.24. The molecule has 0 amide bonds. The van der Waals surface area contributed by atoms with Crippen LogP contribution in [0.15, 0.2) is 48.8 Å². The molecule has 1 aromatic heterocycles. The Morgan fingerprint density at radius 3 is 2.11 bits per heavy atom. The van der Waals surface area contributed by atoms with Crippen molar-refractivity contribution in [3.63, 3.8) is 0 Å². The van der Waals surface area contributed by atoms with Crippen molar-refractivity contribution in [2.45, 2.75) is 32.2 Å². The highest BCUT2D eigenvalue weighted by molar-refractivity contribution is 5.27. The van der Waals surface area contributed by atoms with Crippen LogP contribution < -0.4 is 5.73 Å². The zero-order valence-electron chi connectivity index (χ0n) is 11.0. The molecule has 0 aliphatic heterocycles. The van der Waals surface area contributed by atoms with Crippen molar-refractivity contribution >= 4 is 0 Å².